The van der Waals surface area contributed by atoms with Crippen LogP contribution < -0.4 is 43.0 Å². The molecule has 0 aliphatic carbocycles. The Hall–Kier alpha value is 1.69. The Labute approximate surface area is 103 Å². The Morgan fingerprint density at radius 3 is 1.10 bits per heavy atom. The second kappa shape index (κ2) is 13.3. The van der Waals surface area contributed by atoms with Gasteiger partial charge < -0.3 is 8.17 Å². The van der Waals surface area contributed by atoms with Crippen LogP contribution in [0.1, 0.15) is 30.5 Å². The summed E-state index contributed by atoms with van der Waals surface area (Å²) in [4.78, 5) is 0. The maximum Gasteiger partial charge on any atom is 1.00 e. The molecule has 0 bridgehead atoms. The second-order valence-corrected chi connectivity index (χ2v) is 2.48. The average molecular weight is 147 g/mol. The van der Waals surface area contributed by atoms with Crippen LogP contribution in [0.2, 0.25) is 0 Å². The molecular weight excluding hydrogens is 127 g/mol. The van der Waals surface area contributed by atoms with E-state index in [1.165, 1.54) is 0 Å². The minimum absolute atomic E-state index is 0. The molecule has 0 radical (unpaired) electrons. The molecule has 0 spiro atoms. The molecule has 0 aromatic carbocycles. The normalized spacial score (nSPS) is 7.80. The van der Waals surface area contributed by atoms with Gasteiger partial charge in [-0.15, -0.1) is 0 Å². The van der Waals surface area contributed by atoms with Crippen LogP contribution in [0, 0.1) is 0 Å². The van der Waals surface area contributed by atoms with E-state index in [1.807, 2.05) is 0 Å². The first-order valence-electron chi connectivity index (χ1n) is 2.89. The molecule has 0 aromatic rings. The summed E-state index contributed by atoms with van der Waals surface area (Å²) in [6.45, 7) is 8.61. The molecule has 0 saturated heterocycles. The van der Waals surface area contributed by atoms with Crippen LogP contribution >= 0.6 is 0 Å². The van der Waals surface area contributed by atoms with E-state index in [4.69, 9.17) is 0 Å². The van der Waals surface area contributed by atoms with E-state index < -0.39 is 0 Å². The molecule has 4 heteroatoms. The largest absolute Gasteiger partial charge is 1.00 e. The summed E-state index contributed by atoms with van der Waals surface area (Å²) in [6, 6.07) is 1.25. The topological polar surface area (TPSA) is 12.0 Å². The number of nitrogens with one attached hydrogen (secondary N) is 1. The standard InChI is InChI=1S/C6H15N.Al.2Li.5H/c1-5(2)7-6(3)4;;;;;;;;/h5-7H,1-4H3;;;;;;;;/q;;2*+1;;;;2*-1. The summed E-state index contributed by atoms with van der Waals surface area (Å²) in [5.41, 5.74) is 0. The van der Waals surface area contributed by atoms with Crippen LogP contribution in [0.15, 0.2) is 0 Å². The van der Waals surface area contributed by atoms with Crippen LogP contribution in [0.5, 0.6) is 0 Å². The molecule has 54 valence electrons. The van der Waals surface area contributed by atoms with E-state index in [0.29, 0.717) is 12.1 Å². The first kappa shape index (κ1) is 22.6. The van der Waals surface area contributed by atoms with Crippen molar-refractivity contribution >= 4 is 17.4 Å². The summed E-state index contributed by atoms with van der Waals surface area (Å²) in [5, 5.41) is 3.31. The maximum absolute atomic E-state index is 3.31. The molecular formula is C6H20AlLi2N. The van der Waals surface area contributed by atoms with Crippen molar-refractivity contribution in [1.82, 2.24) is 5.32 Å². The zero-order valence-corrected chi connectivity index (χ0v) is 7.65. The minimum atomic E-state index is 0. The van der Waals surface area contributed by atoms with Crippen molar-refractivity contribution in [3.63, 3.8) is 0 Å². The van der Waals surface area contributed by atoms with E-state index in [1.54, 1.807) is 0 Å². The van der Waals surface area contributed by atoms with E-state index in [0.717, 1.165) is 0 Å². The van der Waals surface area contributed by atoms with Crippen molar-refractivity contribution in [3.8, 4) is 0 Å². The predicted octanol–water partition coefficient (Wildman–Crippen LogP) is -5.56. The average Bonchev–Trinajstić information content (AvgIpc) is 1.27. The van der Waals surface area contributed by atoms with Gasteiger partial charge in [0.25, 0.3) is 0 Å². The Bertz CT molecular complexity index is 52.8. The third-order valence-corrected chi connectivity index (χ3v) is 0.667. The van der Waals surface area contributed by atoms with Gasteiger partial charge in [0, 0.05) is 12.1 Å². The summed E-state index contributed by atoms with van der Waals surface area (Å²) in [5.74, 6) is 0. The van der Waals surface area contributed by atoms with E-state index in [9.17, 15) is 0 Å². The quantitative estimate of drug-likeness (QED) is 0.384. The first-order chi connectivity index (χ1) is 3.13. The zero-order chi connectivity index (χ0) is 5.86. The summed E-state index contributed by atoms with van der Waals surface area (Å²) in [7, 11) is 0. The van der Waals surface area contributed by atoms with Gasteiger partial charge in [-0.25, -0.2) is 0 Å². The van der Waals surface area contributed by atoms with Gasteiger partial charge in [-0.3, -0.25) is 0 Å². The first-order valence-corrected chi connectivity index (χ1v) is 2.89. The Morgan fingerprint density at radius 2 is 1.10 bits per heavy atom. The van der Waals surface area contributed by atoms with Crippen LogP contribution in [-0.2, 0) is 0 Å². The van der Waals surface area contributed by atoms with Crippen molar-refractivity contribution in [2.75, 3.05) is 0 Å². The molecule has 0 fully saturated rings. The van der Waals surface area contributed by atoms with Gasteiger partial charge in [0.1, 0.15) is 0 Å². The van der Waals surface area contributed by atoms with Gasteiger partial charge in [0.05, 0.1) is 0 Å². The summed E-state index contributed by atoms with van der Waals surface area (Å²) in [6.07, 6.45) is 0. The van der Waals surface area contributed by atoms with Crippen LogP contribution in [-0.4, -0.2) is 29.4 Å². The monoisotopic (exact) mass is 147 g/mol. The summed E-state index contributed by atoms with van der Waals surface area (Å²) < 4.78 is 0. The van der Waals surface area contributed by atoms with Gasteiger partial charge in [-0.1, -0.05) is 27.7 Å². The predicted molar refractivity (Wildman–Crippen MR) is 45.6 cm³/mol. The van der Waals surface area contributed by atoms with Crippen LogP contribution in [0.3, 0.4) is 0 Å². The van der Waals surface area contributed by atoms with Gasteiger partial charge in [-0.05, 0) is 0 Å². The van der Waals surface area contributed by atoms with Crippen LogP contribution in [0.25, 0.3) is 0 Å². The molecule has 0 unspecified atom stereocenters. The van der Waals surface area contributed by atoms with Gasteiger partial charge >= 0.3 is 37.7 Å². The van der Waals surface area contributed by atoms with Gasteiger partial charge in [-0.2, -0.15) is 0 Å². The van der Waals surface area contributed by atoms with Gasteiger partial charge in [0.15, 0.2) is 17.4 Å². The molecule has 1 N–H and O–H groups in total. The molecule has 0 saturated carbocycles. The molecule has 0 aliphatic rings. The molecule has 0 atom stereocenters. The molecule has 10 heavy (non-hydrogen) atoms. The van der Waals surface area contributed by atoms with Gasteiger partial charge in [0.2, 0.25) is 0 Å². The Kier molecular flexibility index (Phi) is 30.0. The number of hydrogen-bond acceptors (Lipinski definition) is 1. The van der Waals surface area contributed by atoms with E-state index in [-0.39, 0.29) is 57.9 Å². The minimum Gasteiger partial charge on any atom is -1.00 e. The van der Waals surface area contributed by atoms with E-state index >= 15 is 0 Å². The van der Waals surface area contributed by atoms with Crippen molar-refractivity contribution in [3.05, 3.63) is 0 Å². The van der Waals surface area contributed by atoms with Crippen molar-refractivity contribution in [2.24, 2.45) is 0 Å². The SMILES string of the molecule is CC(C)NC(C)C.[AlH3].[H-].[H-].[Li+].[Li+]. The van der Waals surface area contributed by atoms with E-state index in [2.05, 4.69) is 33.0 Å². The summed E-state index contributed by atoms with van der Waals surface area (Å²) >= 11 is 0. The fraction of sp³-hybridized carbons (Fsp3) is 1.00. The smallest absolute Gasteiger partial charge is 1.00 e. The maximum atomic E-state index is 3.31. The third-order valence-electron chi connectivity index (χ3n) is 0.667. The van der Waals surface area contributed by atoms with Crippen molar-refractivity contribution < 1.29 is 40.6 Å². The fourth-order valence-corrected chi connectivity index (χ4v) is 0.667. The third kappa shape index (κ3) is 22.6. The molecule has 0 rings (SSSR count). The Balaban J connectivity index is -0.0000000180. The molecule has 1 nitrogen and oxygen atoms in total. The zero-order valence-electron chi connectivity index (χ0n) is 9.65. The molecule has 0 aliphatic heterocycles. The Morgan fingerprint density at radius 1 is 0.900 bits per heavy atom. The fourth-order valence-electron chi connectivity index (χ4n) is 0.667. The molecule has 0 aromatic heterocycles. The van der Waals surface area contributed by atoms with Crippen molar-refractivity contribution in [1.29, 1.82) is 0 Å². The second-order valence-electron chi connectivity index (χ2n) is 2.48. The van der Waals surface area contributed by atoms with Crippen LogP contribution in [0.4, 0.5) is 0 Å². The molecule has 0 amide bonds. The number of hydrogen-bond donors (Lipinski definition) is 1. The number of rotatable bonds is 2. The molecule has 0 heterocycles. The van der Waals surface area contributed by atoms with Crippen molar-refractivity contribution in [2.45, 2.75) is 39.8 Å².